The number of nitrogens with zero attached hydrogens (tertiary/aromatic N) is 2. The highest BCUT2D eigenvalue weighted by Gasteiger charge is 2.34. The first-order valence-electron chi connectivity index (χ1n) is 11.3. The molecule has 0 N–H and O–H groups in total. The first kappa shape index (κ1) is 22.7. The molecule has 0 radical (unpaired) electrons. The summed E-state index contributed by atoms with van der Waals surface area (Å²) < 4.78 is 49.0. The van der Waals surface area contributed by atoms with Crippen molar-refractivity contribution >= 4 is 10.9 Å². The van der Waals surface area contributed by atoms with Crippen molar-refractivity contribution in [2.45, 2.75) is 26.3 Å². The molecule has 176 valence electrons. The molecule has 0 aliphatic rings. The number of alkyl halides is 3. The smallest absolute Gasteiger partial charge is 0.418 e. The van der Waals surface area contributed by atoms with Crippen LogP contribution < -0.4 is 4.74 Å². The van der Waals surface area contributed by atoms with Gasteiger partial charge in [-0.25, -0.2) is 0 Å². The van der Waals surface area contributed by atoms with Gasteiger partial charge in [0.2, 0.25) is 0 Å². The van der Waals surface area contributed by atoms with E-state index in [9.17, 15) is 13.2 Å². The van der Waals surface area contributed by atoms with Crippen molar-refractivity contribution in [2.24, 2.45) is 0 Å². The van der Waals surface area contributed by atoms with E-state index in [0.717, 1.165) is 28.3 Å². The van der Waals surface area contributed by atoms with Gasteiger partial charge in [-0.05, 0) is 36.2 Å². The normalized spacial score (nSPS) is 11.7. The zero-order chi connectivity index (χ0) is 24.4. The van der Waals surface area contributed by atoms with Crippen LogP contribution in [-0.2, 0) is 19.3 Å². The number of aryl methyl sites for hydroxylation is 1. The average molecular weight is 473 g/mol. The number of halogens is 3. The van der Waals surface area contributed by atoms with Crippen LogP contribution in [0.3, 0.4) is 0 Å². The van der Waals surface area contributed by atoms with Gasteiger partial charge in [0.25, 0.3) is 0 Å². The largest absolute Gasteiger partial charge is 0.489 e. The zero-order valence-electron chi connectivity index (χ0n) is 19.1. The van der Waals surface area contributed by atoms with Crippen LogP contribution in [0.15, 0.2) is 97.1 Å². The molecule has 6 heteroatoms. The molecule has 5 rings (SSSR count). The summed E-state index contributed by atoms with van der Waals surface area (Å²) in [7, 11) is 0. The molecule has 1 aromatic heterocycles. The van der Waals surface area contributed by atoms with Crippen molar-refractivity contribution in [2.75, 3.05) is 0 Å². The highest BCUT2D eigenvalue weighted by Crippen LogP contribution is 2.38. The van der Waals surface area contributed by atoms with E-state index >= 15 is 0 Å². The summed E-state index contributed by atoms with van der Waals surface area (Å²) in [4.78, 5) is 0. The van der Waals surface area contributed by atoms with Gasteiger partial charge in [-0.15, -0.1) is 0 Å². The van der Waals surface area contributed by atoms with E-state index in [1.807, 2.05) is 79.7 Å². The van der Waals surface area contributed by atoms with Crippen LogP contribution in [0.5, 0.6) is 5.75 Å². The second kappa shape index (κ2) is 9.29. The molecule has 0 amide bonds. The van der Waals surface area contributed by atoms with E-state index in [0.29, 0.717) is 30.0 Å². The molecule has 0 aliphatic carbocycles. The van der Waals surface area contributed by atoms with E-state index in [-0.39, 0.29) is 5.52 Å². The maximum Gasteiger partial charge on any atom is 0.418 e. The van der Waals surface area contributed by atoms with Crippen LogP contribution in [0.1, 0.15) is 22.3 Å². The van der Waals surface area contributed by atoms with Gasteiger partial charge >= 0.3 is 6.18 Å². The Labute approximate surface area is 201 Å². The summed E-state index contributed by atoms with van der Waals surface area (Å²) in [5.41, 5.74) is 3.70. The van der Waals surface area contributed by atoms with Gasteiger partial charge < -0.3 is 4.74 Å². The molecule has 5 aromatic rings. The van der Waals surface area contributed by atoms with Crippen molar-refractivity contribution in [1.29, 1.82) is 0 Å². The molecule has 0 bridgehead atoms. The first-order valence-corrected chi connectivity index (χ1v) is 11.3. The van der Waals surface area contributed by atoms with Crippen molar-refractivity contribution < 1.29 is 17.9 Å². The molecular formula is C29H23F3N2O. The summed E-state index contributed by atoms with van der Waals surface area (Å²) in [6.07, 6.45) is -4.50. The van der Waals surface area contributed by atoms with Crippen molar-refractivity contribution in [3.63, 3.8) is 0 Å². The third-order valence-corrected chi connectivity index (χ3v) is 5.85. The van der Waals surface area contributed by atoms with Gasteiger partial charge in [0.15, 0.2) is 0 Å². The van der Waals surface area contributed by atoms with Gasteiger partial charge in [-0.1, -0.05) is 84.4 Å². The van der Waals surface area contributed by atoms with Crippen LogP contribution in [0.4, 0.5) is 13.2 Å². The summed E-state index contributed by atoms with van der Waals surface area (Å²) in [5.74, 6) is 0.636. The topological polar surface area (TPSA) is 27.1 Å². The van der Waals surface area contributed by atoms with E-state index in [1.165, 1.54) is 6.07 Å². The fourth-order valence-electron chi connectivity index (χ4n) is 4.26. The van der Waals surface area contributed by atoms with E-state index < -0.39 is 11.7 Å². The minimum Gasteiger partial charge on any atom is -0.489 e. The lowest BCUT2D eigenvalue weighted by molar-refractivity contribution is -0.136. The zero-order valence-corrected chi connectivity index (χ0v) is 19.1. The highest BCUT2D eigenvalue weighted by molar-refractivity contribution is 5.95. The highest BCUT2D eigenvalue weighted by atomic mass is 19.4. The molecule has 35 heavy (non-hydrogen) atoms. The molecule has 0 saturated heterocycles. The maximum atomic E-state index is 13.8. The Bertz CT molecular complexity index is 1470. The second-order valence-corrected chi connectivity index (χ2v) is 8.50. The van der Waals surface area contributed by atoms with Crippen LogP contribution >= 0.6 is 0 Å². The summed E-state index contributed by atoms with van der Waals surface area (Å²) in [5, 5.41) is 4.89. The second-order valence-electron chi connectivity index (χ2n) is 8.50. The molecule has 1 heterocycles. The average Bonchev–Trinajstić information content (AvgIpc) is 3.21. The maximum absolute atomic E-state index is 13.8. The molecule has 0 atom stereocenters. The first-order chi connectivity index (χ1) is 16.9. The number of benzene rings is 4. The molecule has 0 spiro atoms. The third kappa shape index (κ3) is 4.92. The Morgan fingerprint density at radius 3 is 2.31 bits per heavy atom. The summed E-state index contributed by atoms with van der Waals surface area (Å²) in [6.45, 7) is 2.77. The van der Waals surface area contributed by atoms with Gasteiger partial charge in [0.05, 0.1) is 17.8 Å². The Kier molecular flexibility index (Phi) is 6.03. The van der Waals surface area contributed by atoms with Crippen molar-refractivity contribution in [1.82, 2.24) is 9.78 Å². The molecule has 3 nitrogen and oxygen atoms in total. The number of fused-ring (bicyclic) bond motifs is 1. The fraction of sp³-hybridized carbons (Fsp3) is 0.138. The number of ether oxygens (including phenoxy) is 1. The monoisotopic (exact) mass is 472 g/mol. The van der Waals surface area contributed by atoms with Gasteiger partial charge in [-0.3, -0.25) is 4.68 Å². The predicted octanol–water partition coefficient (Wildman–Crippen LogP) is 7.66. The summed E-state index contributed by atoms with van der Waals surface area (Å²) in [6, 6.07) is 29.3. The Morgan fingerprint density at radius 1 is 0.800 bits per heavy atom. The lowest BCUT2D eigenvalue weighted by Gasteiger charge is -2.11. The molecular weight excluding hydrogens is 449 g/mol. The molecule has 0 unspecified atom stereocenters. The summed E-state index contributed by atoms with van der Waals surface area (Å²) >= 11 is 0. The van der Waals surface area contributed by atoms with Crippen LogP contribution in [-0.4, -0.2) is 9.78 Å². The van der Waals surface area contributed by atoms with Crippen molar-refractivity contribution in [3.05, 3.63) is 119 Å². The number of hydrogen-bond acceptors (Lipinski definition) is 2. The molecule has 4 aromatic carbocycles. The minimum absolute atomic E-state index is 0.0583. The fourth-order valence-corrected chi connectivity index (χ4v) is 4.26. The van der Waals surface area contributed by atoms with Gasteiger partial charge in [0.1, 0.15) is 17.9 Å². The SMILES string of the molecule is Cc1cccc(COc2cccc(-c3c4cccc(C(F)(F)F)c4nn3Cc3ccccc3)c2)c1. The number of hydrogen-bond donors (Lipinski definition) is 0. The van der Waals surface area contributed by atoms with Gasteiger partial charge in [0, 0.05) is 10.9 Å². The minimum atomic E-state index is -4.50. The van der Waals surface area contributed by atoms with Gasteiger partial charge in [-0.2, -0.15) is 18.3 Å². The Morgan fingerprint density at radius 2 is 1.54 bits per heavy atom. The predicted molar refractivity (Wildman–Crippen MR) is 131 cm³/mol. The lowest BCUT2D eigenvalue weighted by Crippen LogP contribution is -2.06. The Balaban J connectivity index is 1.58. The quantitative estimate of drug-likeness (QED) is 0.254. The van der Waals surface area contributed by atoms with E-state index in [4.69, 9.17) is 4.74 Å². The van der Waals surface area contributed by atoms with Crippen molar-refractivity contribution in [3.8, 4) is 17.0 Å². The molecule has 0 fully saturated rings. The van der Waals surface area contributed by atoms with Crippen LogP contribution in [0.2, 0.25) is 0 Å². The third-order valence-electron chi connectivity index (χ3n) is 5.85. The van der Waals surface area contributed by atoms with Crippen LogP contribution in [0, 0.1) is 6.92 Å². The Hall–Kier alpha value is -4.06. The molecule has 0 aliphatic heterocycles. The van der Waals surface area contributed by atoms with E-state index in [1.54, 1.807) is 10.7 Å². The van der Waals surface area contributed by atoms with Crippen LogP contribution in [0.25, 0.3) is 22.2 Å². The molecule has 0 saturated carbocycles. The lowest BCUT2D eigenvalue weighted by atomic mass is 10.0. The standard InChI is InChI=1S/C29H23F3N2O/c1-20-8-5-11-22(16-20)19-35-24-13-6-12-23(17-24)28-25-14-7-15-26(29(30,31)32)27(25)33-34(28)18-21-9-3-2-4-10-21/h2-17H,18-19H2,1H3. The number of rotatable bonds is 6. The van der Waals surface area contributed by atoms with E-state index in [2.05, 4.69) is 11.2 Å². The number of aromatic nitrogens is 2.